The Labute approximate surface area is 187 Å². The van der Waals surface area contributed by atoms with E-state index in [-0.39, 0.29) is 30.0 Å². The van der Waals surface area contributed by atoms with Gasteiger partial charge in [-0.15, -0.1) is 24.0 Å². The van der Waals surface area contributed by atoms with Gasteiger partial charge in [-0.2, -0.15) is 13.2 Å². The van der Waals surface area contributed by atoms with Crippen LogP contribution in [-0.2, 0) is 6.42 Å². The van der Waals surface area contributed by atoms with Crippen LogP contribution in [0.2, 0.25) is 0 Å². The highest BCUT2D eigenvalue weighted by atomic mass is 127. The number of hydrogen-bond donors (Lipinski definition) is 2. The molecule has 0 aliphatic carbocycles. The molecule has 1 atom stereocenters. The van der Waals surface area contributed by atoms with Crippen LogP contribution in [0, 0.1) is 0 Å². The van der Waals surface area contributed by atoms with E-state index in [1.165, 1.54) is 4.90 Å². The van der Waals surface area contributed by atoms with Crippen LogP contribution >= 0.6 is 24.0 Å². The van der Waals surface area contributed by atoms with E-state index in [0.29, 0.717) is 45.0 Å². The van der Waals surface area contributed by atoms with E-state index in [2.05, 4.69) is 15.6 Å². The van der Waals surface area contributed by atoms with Crippen LogP contribution < -0.4 is 20.1 Å². The molecule has 29 heavy (non-hydrogen) atoms. The summed E-state index contributed by atoms with van der Waals surface area (Å²) in [5.41, 5.74) is 0.985. The van der Waals surface area contributed by atoms with E-state index in [1.807, 2.05) is 25.1 Å². The fourth-order valence-corrected chi connectivity index (χ4v) is 3.23. The van der Waals surface area contributed by atoms with Crippen molar-refractivity contribution in [1.29, 1.82) is 0 Å². The van der Waals surface area contributed by atoms with Gasteiger partial charge < -0.3 is 20.1 Å². The first kappa shape index (κ1) is 25.6. The maximum Gasteiger partial charge on any atom is 0.401 e. The number of guanidine groups is 1. The minimum atomic E-state index is -4.16. The van der Waals surface area contributed by atoms with Crippen molar-refractivity contribution in [3.8, 4) is 11.5 Å². The highest BCUT2D eigenvalue weighted by Crippen LogP contribution is 2.24. The van der Waals surface area contributed by atoms with Gasteiger partial charge in [0.05, 0.1) is 20.8 Å². The molecule has 0 radical (unpaired) electrons. The topological polar surface area (TPSA) is 58.1 Å². The minimum Gasteiger partial charge on any atom is -0.497 e. The Morgan fingerprint density at radius 3 is 2.66 bits per heavy atom. The maximum atomic E-state index is 12.5. The average molecular weight is 530 g/mol. The summed E-state index contributed by atoms with van der Waals surface area (Å²) in [4.78, 5) is 5.98. The molecule has 0 spiro atoms. The standard InChI is InChI=1S/C19H29F3N4O2.HI/c1-4-23-18(25-15-8-10-26(12-15)13-19(20,21)22)24-9-7-14-11-16(27-2)5-6-17(14)28-3;/h5-6,11,15H,4,7-10,12-13H2,1-3H3,(H2,23,24,25);1H. The van der Waals surface area contributed by atoms with Gasteiger partial charge in [0.15, 0.2) is 5.96 Å². The SMILES string of the molecule is CCNC(=NCCc1cc(OC)ccc1OC)NC1CCN(CC(F)(F)F)C1.I. The van der Waals surface area contributed by atoms with Crippen molar-refractivity contribution in [2.24, 2.45) is 4.99 Å². The van der Waals surface area contributed by atoms with Crippen molar-refractivity contribution in [3.63, 3.8) is 0 Å². The molecule has 2 rings (SSSR count). The number of nitrogens with one attached hydrogen (secondary N) is 2. The lowest BCUT2D eigenvalue weighted by molar-refractivity contribution is -0.143. The van der Waals surface area contributed by atoms with Crippen molar-refractivity contribution >= 4 is 29.9 Å². The van der Waals surface area contributed by atoms with Crippen LogP contribution in [0.1, 0.15) is 18.9 Å². The Bertz CT molecular complexity index is 659. The average Bonchev–Trinajstić information content (AvgIpc) is 3.06. The molecule has 6 nitrogen and oxygen atoms in total. The molecule has 0 bridgehead atoms. The summed E-state index contributed by atoms with van der Waals surface area (Å²) < 4.78 is 48.3. The number of methoxy groups -OCH3 is 2. The van der Waals surface area contributed by atoms with Gasteiger partial charge in [0, 0.05) is 32.2 Å². The summed E-state index contributed by atoms with van der Waals surface area (Å²) in [6.45, 7) is 3.05. The number of benzene rings is 1. The molecule has 1 aromatic rings. The molecule has 1 aliphatic heterocycles. The summed E-state index contributed by atoms with van der Waals surface area (Å²) >= 11 is 0. The summed E-state index contributed by atoms with van der Waals surface area (Å²) in [5, 5.41) is 6.40. The third-order valence-corrected chi connectivity index (χ3v) is 4.50. The lowest BCUT2D eigenvalue weighted by Crippen LogP contribution is -2.45. The summed E-state index contributed by atoms with van der Waals surface area (Å²) in [5.74, 6) is 2.14. The van der Waals surface area contributed by atoms with Crippen LogP contribution in [-0.4, -0.2) is 70.0 Å². The van der Waals surface area contributed by atoms with Gasteiger partial charge in [-0.3, -0.25) is 9.89 Å². The van der Waals surface area contributed by atoms with E-state index in [1.54, 1.807) is 14.2 Å². The van der Waals surface area contributed by atoms with Gasteiger partial charge in [0.1, 0.15) is 11.5 Å². The molecule has 0 saturated carbocycles. The number of halogens is 4. The molecule has 166 valence electrons. The van der Waals surface area contributed by atoms with Crippen molar-refractivity contribution in [3.05, 3.63) is 23.8 Å². The summed E-state index contributed by atoms with van der Waals surface area (Å²) in [7, 11) is 3.23. The molecule has 1 saturated heterocycles. The maximum absolute atomic E-state index is 12.5. The van der Waals surface area contributed by atoms with Gasteiger partial charge in [0.2, 0.25) is 0 Å². The highest BCUT2D eigenvalue weighted by molar-refractivity contribution is 14.0. The third-order valence-electron chi connectivity index (χ3n) is 4.50. The molecular weight excluding hydrogens is 500 g/mol. The quantitative estimate of drug-likeness (QED) is 0.308. The van der Waals surface area contributed by atoms with E-state index in [9.17, 15) is 13.2 Å². The molecule has 0 amide bonds. The van der Waals surface area contributed by atoms with Crippen LogP contribution in [0.5, 0.6) is 11.5 Å². The zero-order valence-corrected chi connectivity index (χ0v) is 19.3. The molecule has 0 aromatic heterocycles. The van der Waals surface area contributed by atoms with Crippen molar-refractivity contribution < 1.29 is 22.6 Å². The molecule has 10 heteroatoms. The Balaban J connectivity index is 0.00000420. The van der Waals surface area contributed by atoms with Gasteiger partial charge in [-0.25, -0.2) is 0 Å². The first-order chi connectivity index (χ1) is 13.3. The lowest BCUT2D eigenvalue weighted by Gasteiger charge is -2.19. The fourth-order valence-electron chi connectivity index (χ4n) is 3.23. The van der Waals surface area contributed by atoms with E-state index < -0.39 is 12.7 Å². The van der Waals surface area contributed by atoms with Crippen molar-refractivity contribution in [1.82, 2.24) is 15.5 Å². The normalized spacial score (nSPS) is 17.6. The second-order valence-corrected chi connectivity index (χ2v) is 6.67. The second kappa shape index (κ2) is 12.3. The van der Waals surface area contributed by atoms with Crippen LogP contribution in [0.15, 0.2) is 23.2 Å². The number of hydrogen-bond acceptors (Lipinski definition) is 4. The number of likely N-dealkylation sites (tertiary alicyclic amines) is 1. The second-order valence-electron chi connectivity index (χ2n) is 6.67. The van der Waals surface area contributed by atoms with Gasteiger partial charge in [-0.05, 0) is 43.5 Å². The number of rotatable bonds is 8. The number of nitrogens with zero attached hydrogens (tertiary/aromatic N) is 2. The van der Waals surface area contributed by atoms with E-state index in [4.69, 9.17) is 9.47 Å². The highest BCUT2D eigenvalue weighted by Gasteiger charge is 2.34. The Morgan fingerprint density at radius 2 is 2.03 bits per heavy atom. The Morgan fingerprint density at radius 1 is 1.28 bits per heavy atom. The van der Waals surface area contributed by atoms with Crippen LogP contribution in [0.3, 0.4) is 0 Å². The van der Waals surface area contributed by atoms with Gasteiger partial charge in [-0.1, -0.05) is 0 Å². The third kappa shape index (κ3) is 8.85. The predicted octanol–water partition coefficient (Wildman–Crippen LogP) is 3.06. The summed E-state index contributed by atoms with van der Waals surface area (Å²) in [6, 6.07) is 5.56. The zero-order chi connectivity index (χ0) is 20.6. The van der Waals surface area contributed by atoms with Crippen molar-refractivity contribution in [2.75, 3.05) is 46.9 Å². The van der Waals surface area contributed by atoms with Crippen molar-refractivity contribution in [2.45, 2.75) is 32.0 Å². The predicted molar refractivity (Wildman–Crippen MR) is 119 cm³/mol. The fraction of sp³-hybridized carbons (Fsp3) is 0.632. The Kier molecular flexibility index (Phi) is 10.9. The molecular formula is C19H30F3IN4O2. The van der Waals surface area contributed by atoms with Crippen LogP contribution in [0.4, 0.5) is 13.2 Å². The Hall–Kier alpha value is -1.43. The van der Waals surface area contributed by atoms with Gasteiger partial charge in [0.25, 0.3) is 0 Å². The largest absolute Gasteiger partial charge is 0.497 e. The molecule has 1 unspecified atom stereocenters. The molecule has 1 heterocycles. The minimum absolute atomic E-state index is 0. The number of ether oxygens (including phenoxy) is 2. The van der Waals surface area contributed by atoms with Gasteiger partial charge >= 0.3 is 6.18 Å². The molecule has 1 aliphatic rings. The zero-order valence-electron chi connectivity index (χ0n) is 17.0. The number of aliphatic imine (C=N–C) groups is 1. The molecule has 1 aromatic carbocycles. The van der Waals surface area contributed by atoms with E-state index >= 15 is 0 Å². The number of alkyl halides is 3. The first-order valence-corrected chi connectivity index (χ1v) is 9.39. The summed E-state index contributed by atoms with van der Waals surface area (Å²) in [6.07, 6.45) is -2.85. The lowest BCUT2D eigenvalue weighted by atomic mass is 10.1. The monoisotopic (exact) mass is 530 g/mol. The smallest absolute Gasteiger partial charge is 0.401 e. The first-order valence-electron chi connectivity index (χ1n) is 9.39. The van der Waals surface area contributed by atoms with Crippen LogP contribution in [0.25, 0.3) is 0 Å². The van der Waals surface area contributed by atoms with E-state index in [0.717, 1.165) is 17.1 Å². The molecule has 2 N–H and O–H groups in total. The molecule has 1 fully saturated rings.